The minimum Gasteiger partial charge on any atom is -0.387 e. The highest BCUT2D eigenvalue weighted by Crippen LogP contribution is 2.33. The van der Waals surface area contributed by atoms with Crippen LogP contribution in [0.1, 0.15) is 57.4 Å². The molecule has 0 bridgehead atoms. The van der Waals surface area contributed by atoms with E-state index < -0.39 is 24.5 Å². The van der Waals surface area contributed by atoms with Crippen LogP contribution in [0, 0.1) is 0 Å². The van der Waals surface area contributed by atoms with Gasteiger partial charge in [-0.25, -0.2) is 15.0 Å². The standard InChI is InChI=1S/C29H40N6O5/c1-29(2,3)19-9-7-18(8-10-19)12-21(36)6-4-5-11-34(20-14-39-15-20)13-22-24(37)25(38)28(40-22)35-17-33-23-26(30)31-16-32-27(23)35/h7-10,16-17,20,22,24-25,28,37-38H,4-6,11-15H2,1-3H3,(H2,30,31,32)/t22-,24+,25-,28-/m1/s1. The number of benzene rings is 1. The molecular formula is C29H40N6O5. The van der Waals surface area contributed by atoms with Crippen molar-refractivity contribution < 1.29 is 24.5 Å². The summed E-state index contributed by atoms with van der Waals surface area (Å²) in [4.78, 5) is 27.3. The first-order valence-electron chi connectivity index (χ1n) is 14.0. The molecule has 2 saturated heterocycles. The first kappa shape index (κ1) is 28.6. The van der Waals surface area contributed by atoms with E-state index in [1.807, 2.05) is 0 Å². The summed E-state index contributed by atoms with van der Waals surface area (Å²) >= 11 is 0. The van der Waals surface area contributed by atoms with Gasteiger partial charge in [0.1, 0.15) is 35.9 Å². The maximum Gasteiger partial charge on any atom is 0.167 e. The largest absolute Gasteiger partial charge is 0.387 e. The minimum absolute atomic E-state index is 0.0931. The number of imidazole rings is 1. The predicted octanol–water partition coefficient (Wildman–Crippen LogP) is 2.01. The van der Waals surface area contributed by atoms with Crippen molar-refractivity contribution in [2.24, 2.45) is 0 Å². The molecule has 4 atom stereocenters. The molecule has 1 aromatic carbocycles. The number of hydrogen-bond donors (Lipinski definition) is 3. The molecule has 2 aliphatic rings. The van der Waals surface area contributed by atoms with E-state index in [9.17, 15) is 15.0 Å². The molecule has 0 amide bonds. The highest BCUT2D eigenvalue weighted by atomic mass is 16.6. The molecule has 0 spiro atoms. The van der Waals surface area contributed by atoms with E-state index in [1.54, 1.807) is 4.57 Å². The molecule has 2 aromatic heterocycles. The Morgan fingerprint density at radius 1 is 1.10 bits per heavy atom. The van der Waals surface area contributed by atoms with Gasteiger partial charge in [-0.05, 0) is 35.9 Å². The number of anilines is 1. The second kappa shape index (κ2) is 11.9. The van der Waals surface area contributed by atoms with Gasteiger partial charge in [0, 0.05) is 19.4 Å². The lowest BCUT2D eigenvalue weighted by Crippen LogP contribution is -2.53. The number of aromatic nitrogens is 4. The minimum atomic E-state index is -1.16. The number of rotatable bonds is 11. The average molecular weight is 553 g/mol. The van der Waals surface area contributed by atoms with Crippen molar-refractivity contribution in [3.05, 3.63) is 48.0 Å². The van der Waals surface area contributed by atoms with Crippen molar-refractivity contribution in [1.82, 2.24) is 24.4 Å². The van der Waals surface area contributed by atoms with Gasteiger partial charge in [0.25, 0.3) is 0 Å². The number of ketones is 1. The second-order valence-corrected chi connectivity index (χ2v) is 11.9. The highest BCUT2D eigenvalue weighted by Gasteiger charge is 2.45. The normalized spacial score (nSPS) is 23.6. The van der Waals surface area contributed by atoms with Gasteiger partial charge in [0.2, 0.25) is 0 Å². The summed E-state index contributed by atoms with van der Waals surface area (Å²) in [6, 6.07) is 8.55. The number of nitrogens with two attached hydrogens (primary N) is 1. The number of aliphatic hydroxyl groups excluding tert-OH is 2. The van der Waals surface area contributed by atoms with Crippen LogP contribution >= 0.6 is 0 Å². The summed E-state index contributed by atoms with van der Waals surface area (Å²) in [5.41, 5.74) is 9.15. The lowest BCUT2D eigenvalue weighted by Gasteiger charge is -2.38. The first-order valence-corrected chi connectivity index (χ1v) is 14.0. The predicted molar refractivity (Wildman–Crippen MR) is 150 cm³/mol. The maximum absolute atomic E-state index is 12.6. The summed E-state index contributed by atoms with van der Waals surface area (Å²) in [7, 11) is 0. The lowest BCUT2D eigenvalue weighted by atomic mass is 9.86. The molecule has 2 fully saturated rings. The Balaban J connectivity index is 1.13. The van der Waals surface area contributed by atoms with Crippen LogP contribution in [0.5, 0.6) is 0 Å². The first-order chi connectivity index (χ1) is 19.1. The quantitative estimate of drug-likeness (QED) is 0.302. The van der Waals surface area contributed by atoms with Gasteiger partial charge in [0.05, 0.1) is 25.6 Å². The third-order valence-corrected chi connectivity index (χ3v) is 7.92. The highest BCUT2D eigenvalue weighted by molar-refractivity contribution is 5.81. The smallest absolute Gasteiger partial charge is 0.167 e. The summed E-state index contributed by atoms with van der Waals surface area (Å²) in [6.07, 6.45) is 1.70. The van der Waals surface area contributed by atoms with Crippen LogP contribution in [0.25, 0.3) is 11.2 Å². The SMILES string of the molecule is CC(C)(C)c1ccc(CC(=O)CCCCN(C[C@H]2O[C@@H](n3cnc4c(N)ncnc43)[C@H](O)[C@H]2O)C2COC2)cc1. The number of carbonyl (C=O) groups is 1. The number of nitrogens with zero attached hydrogens (tertiary/aromatic N) is 5. The molecule has 4 N–H and O–H groups in total. The third kappa shape index (κ3) is 6.18. The van der Waals surface area contributed by atoms with Crippen LogP contribution in [-0.4, -0.2) is 91.1 Å². The van der Waals surface area contributed by atoms with Gasteiger partial charge >= 0.3 is 0 Å². The molecule has 11 nitrogen and oxygen atoms in total. The van der Waals surface area contributed by atoms with E-state index in [4.69, 9.17) is 15.2 Å². The number of hydrogen-bond acceptors (Lipinski definition) is 10. The molecule has 0 radical (unpaired) electrons. The number of carbonyl (C=O) groups excluding carboxylic acids is 1. The van der Waals surface area contributed by atoms with Gasteiger partial charge in [-0.3, -0.25) is 14.3 Å². The fourth-order valence-electron chi connectivity index (χ4n) is 5.33. The summed E-state index contributed by atoms with van der Waals surface area (Å²) in [5, 5.41) is 21.7. The van der Waals surface area contributed by atoms with Gasteiger partial charge in [-0.2, -0.15) is 0 Å². The van der Waals surface area contributed by atoms with Crippen LogP contribution in [0.4, 0.5) is 5.82 Å². The molecule has 0 unspecified atom stereocenters. The van der Waals surface area contributed by atoms with E-state index in [0.29, 0.717) is 43.8 Å². The van der Waals surface area contributed by atoms with Crippen LogP contribution in [0.2, 0.25) is 0 Å². The van der Waals surface area contributed by atoms with Gasteiger partial charge in [-0.1, -0.05) is 45.0 Å². The lowest BCUT2D eigenvalue weighted by molar-refractivity contribution is -0.118. The van der Waals surface area contributed by atoms with Crippen molar-refractivity contribution in [3.8, 4) is 0 Å². The molecular weight excluding hydrogens is 512 g/mol. The molecule has 3 aromatic rings. The van der Waals surface area contributed by atoms with Crippen molar-refractivity contribution in [2.75, 3.05) is 32.0 Å². The molecule has 0 saturated carbocycles. The summed E-state index contributed by atoms with van der Waals surface area (Å²) in [6.45, 7) is 8.94. The van der Waals surface area contributed by atoms with E-state index in [2.05, 4.69) is 64.9 Å². The zero-order valence-electron chi connectivity index (χ0n) is 23.4. The van der Waals surface area contributed by atoms with Gasteiger partial charge < -0.3 is 25.4 Å². The second-order valence-electron chi connectivity index (χ2n) is 11.9. The number of aliphatic hydroxyl groups is 2. The van der Waals surface area contributed by atoms with E-state index in [1.165, 1.54) is 18.2 Å². The molecule has 4 heterocycles. The van der Waals surface area contributed by atoms with Crippen LogP contribution in [0.15, 0.2) is 36.9 Å². The Kier molecular flexibility index (Phi) is 8.48. The Bertz CT molecular complexity index is 1300. The van der Waals surface area contributed by atoms with E-state index in [0.717, 1.165) is 24.9 Å². The van der Waals surface area contributed by atoms with Crippen molar-refractivity contribution >= 4 is 22.8 Å². The number of fused-ring (bicyclic) bond motifs is 1. The summed E-state index contributed by atoms with van der Waals surface area (Å²) < 4.78 is 13.2. The van der Waals surface area contributed by atoms with Crippen molar-refractivity contribution in [1.29, 1.82) is 0 Å². The van der Waals surface area contributed by atoms with Crippen LogP contribution in [0.3, 0.4) is 0 Å². The van der Waals surface area contributed by atoms with Gasteiger partial charge in [-0.15, -0.1) is 0 Å². The third-order valence-electron chi connectivity index (χ3n) is 7.92. The molecule has 5 rings (SSSR count). The molecule has 2 aliphatic heterocycles. The van der Waals surface area contributed by atoms with Gasteiger partial charge in [0.15, 0.2) is 17.7 Å². The molecule has 40 heavy (non-hydrogen) atoms. The molecule has 0 aliphatic carbocycles. The Hall–Kier alpha value is -2.96. The topological polar surface area (TPSA) is 149 Å². The van der Waals surface area contributed by atoms with E-state index >= 15 is 0 Å². The fourth-order valence-corrected chi connectivity index (χ4v) is 5.33. The zero-order valence-corrected chi connectivity index (χ0v) is 23.4. The maximum atomic E-state index is 12.6. The molecule has 11 heteroatoms. The molecule has 216 valence electrons. The van der Waals surface area contributed by atoms with E-state index in [-0.39, 0.29) is 23.1 Å². The average Bonchev–Trinajstić information content (AvgIpc) is 3.42. The monoisotopic (exact) mass is 552 g/mol. The Labute approximate surface area is 234 Å². The number of unbranched alkanes of at least 4 members (excludes halogenated alkanes) is 1. The van der Waals surface area contributed by atoms with Crippen molar-refractivity contribution in [2.45, 2.75) is 82.5 Å². The van der Waals surface area contributed by atoms with Crippen LogP contribution < -0.4 is 5.73 Å². The number of nitrogen functional groups attached to an aromatic ring is 1. The Morgan fingerprint density at radius 2 is 1.85 bits per heavy atom. The van der Waals surface area contributed by atoms with Crippen molar-refractivity contribution in [3.63, 3.8) is 0 Å². The number of Topliss-reactive ketones (excluding diaryl/α,β-unsaturated/α-hetero) is 1. The van der Waals surface area contributed by atoms with Crippen LogP contribution in [-0.2, 0) is 26.1 Å². The Morgan fingerprint density at radius 3 is 2.52 bits per heavy atom. The summed E-state index contributed by atoms with van der Waals surface area (Å²) in [5.74, 6) is 0.473. The fraction of sp³-hybridized carbons (Fsp3) is 0.586. The number of ether oxygens (including phenoxy) is 2. The zero-order chi connectivity index (χ0) is 28.4.